The zero-order valence-electron chi connectivity index (χ0n) is 18.4. The van der Waals surface area contributed by atoms with Crippen LogP contribution in [0, 0.1) is 6.92 Å². The molecule has 0 spiro atoms. The average molecular weight is 466 g/mol. The van der Waals surface area contributed by atoms with Crippen molar-refractivity contribution >= 4 is 46.3 Å². The van der Waals surface area contributed by atoms with Gasteiger partial charge in [-0.25, -0.2) is 19.9 Å². The summed E-state index contributed by atoms with van der Waals surface area (Å²) in [7, 11) is 0. The highest BCUT2D eigenvalue weighted by Gasteiger charge is 2.26. The number of anilines is 2. The molecule has 1 aliphatic carbocycles. The van der Waals surface area contributed by atoms with E-state index >= 15 is 0 Å². The number of carbonyl (C=O) groups is 1. The molecule has 0 bridgehead atoms. The Bertz CT molecular complexity index is 1150. The van der Waals surface area contributed by atoms with Crippen LogP contribution in [0.15, 0.2) is 46.8 Å². The maximum atomic E-state index is 12.5. The van der Waals surface area contributed by atoms with E-state index in [-0.39, 0.29) is 35.7 Å². The molecule has 33 heavy (non-hydrogen) atoms. The van der Waals surface area contributed by atoms with Crippen LogP contribution in [-0.2, 0) is 4.79 Å². The first kappa shape index (κ1) is 22.7. The number of guanidine groups is 1. The molecule has 3 aromatic rings. The molecule has 1 amide bonds. The number of hydrogen-bond donors (Lipinski definition) is 4. The van der Waals surface area contributed by atoms with Crippen molar-refractivity contribution in [3.63, 3.8) is 0 Å². The SMILES string of the molecule is Cc1ccc2nc(NC(=O)CSc3ncccn3)nc(NC3CCCCC3N=C(N)N)c2c1. The second-order valence-electron chi connectivity index (χ2n) is 7.94. The summed E-state index contributed by atoms with van der Waals surface area (Å²) in [5.41, 5.74) is 13.1. The van der Waals surface area contributed by atoms with Crippen molar-refractivity contribution in [2.45, 2.75) is 49.8 Å². The summed E-state index contributed by atoms with van der Waals surface area (Å²) in [5, 5.41) is 7.75. The van der Waals surface area contributed by atoms with E-state index in [0.29, 0.717) is 11.0 Å². The summed E-state index contributed by atoms with van der Waals surface area (Å²) in [6.45, 7) is 2.02. The van der Waals surface area contributed by atoms with Gasteiger partial charge in [-0.1, -0.05) is 36.2 Å². The Balaban J connectivity index is 1.56. The van der Waals surface area contributed by atoms with Gasteiger partial charge in [0, 0.05) is 17.8 Å². The van der Waals surface area contributed by atoms with Gasteiger partial charge < -0.3 is 16.8 Å². The van der Waals surface area contributed by atoms with Gasteiger partial charge in [0.25, 0.3) is 0 Å². The highest BCUT2D eigenvalue weighted by molar-refractivity contribution is 7.99. The zero-order chi connectivity index (χ0) is 23.2. The molecule has 2 heterocycles. The molecule has 1 aromatic carbocycles. The first-order chi connectivity index (χ1) is 16.0. The number of fused-ring (bicyclic) bond motifs is 1. The van der Waals surface area contributed by atoms with Crippen molar-refractivity contribution in [3.05, 3.63) is 42.2 Å². The lowest BCUT2D eigenvalue weighted by molar-refractivity contribution is -0.113. The molecule has 4 rings (SSSR count). The van der Waals surface area contributed by atoms with Gasteiger partial charge >= 0.3 is 0 Å². The predicted octanol–water partition coefficient (Wildman–Crippen LogP) is 2.46. The molecule has 172 valence electrons. The molecule has 10 nitrogen and oxygen atoms in total. The Morgan fingerprint density at radius 3 is 2.76 bits per heavy atom. The van der Waals surface area contributed by atoms with Gasteiger partial charge in [-0.15, -0.1) is 0 Å². The molecule has 2 aromatic heterocycles. The third kappa shape index (κ3) is 6.07. The molecule has 2 unspecified atom stereocenters. The van der Waals surface area contributed by atoms with Gasteiger partial charge in [-0.3, -0.25) is 10.1 Å². The number of amides is 1. The predicted molar refractivity (Wildman–Crippen MR) is 131 cm³/mol. The molecule has 0 saturated heterocycles. The fourth-order valence-corrected chi connectivity index (χ4v) is 4.46. The number of rotatable bonds is 7. The molecule has 6 N–H and O–H groups in total. The van der Waals surface area contributed by atoms with Gasteiger partial charge in [0.1, 0.15) is 5.82 Å². The monoisotopic (exact) mass is 465 g/mol. The van der Waals surface area contributed by atoms with Crippen molar-refractivity contribution in [2.24, 2.45) is 16.5 Å². The summed E-state index contributed by atoms with van der Waals surface area (Å²) < 4.78 is 0. The van der Waals surface area contributed by atoms with Crippen LogP contribution in [0.1, 0.15) is 31.2 Å². The lowest BCUT2D eigenvalue weighted by atomic mass is 9.90. The maximum absolute atomic E-state index is 12.5. The molecule has 0 aliphatic heterocycles. The Kier molecular flexibility index (Phi) is 7.18. The van der Waals surface area contributed by atoms with Gasteiger partial charge in [-0.05, 0) is 38.0 Å². The number of hydrogen-bond acceptors (Lipinski definition) is 8. The van der Waals surface area contributed by atoms with Gasteiger partial charge in [0.05, 0.1) is 23.4 Å². The maximum Gasteiger partial charge on any atom is 0.237 e. The second kappa shape index (κ2) is 10.4. The highest BCUT2D eigenvalue weighted by Crippen LogP contribution is 2.29. The van der Waals surface area contributed by atoms with Gasteiger partial charge in [-0.2, -0.15) is 4.98 Å². The fraction of sp³-hybridized carbons (Fsp3) is 0.364. The van der Waals surface area contributed by atoms with Gasteiger partial charge in [0.15, 0.2) is 11.1 Å². The topological polar surface area (TPSA) is 157 Å². The highest BCUT2D eigenvalue weighted by atomic mass is 32.2. The van der Waals surface area contributed by atoms with E-state index < -0.39 is 0 Å². The molecule has 2 atom stereocenters. The average Bonchev–Trinajstić information content (AvgIpc) is 2.80. The molecular weight excluding hydrogens is 438 g/mol. The fourth-order valence-electron chi connectivity index (χ4n) is 3.86. The molecule has 1 aliphatic rings. The van der Waals surface area contributed by atoms with Crippen LogP contribution in [0.3, 0.4) is 0 Å². The largest absolute Gasteiger partial charge is 0.370 e. The van der Waals surface area contributed by atoms with E-state index in [4.69, 9.17) is 11.5 Å². The first-order valence-corrected chi connectivity index (χ1v) is 11.8. The van der Waals surface area contributed by atoms with Crippen LogP contribution in [0.2, 0.25) is 0 Å². The summed E-state index contributed by atoms with van der Waals surface area (Å²) >= 11 is 1.25. The number of carbonyl (C=O) groups excluding carboxylic acids is 1. The smallest absolute Gasteiger partial charge is 0.237 e. The number of aliphatic imine (C=N–C) groups is 1. The number of aryl methyl sites for hydroxylation is 1. The Hall–Kier alpha value is -3.47. The van der Waals surface area contributed by atoms with E-state index in [1.807, 2.05) is 25.1 Å². The van der Waals surface area contributed by atoms with Crippen LogP contribution in [-0.4, -0.2) is 49.6 Å². The Labute approximate surface area is 196 Å². The van der Waals surface area contributed by atoms with Crippen LogP contribution in [0.25, 0.3) is 10.9 Å². The normalized spacial score (nSPS) is 18.0. The number of aromatic nitrogens is 4. The number of benzene rings is 1. The molecule has 11 heteroatoms. The van der Waals surface area contributed by atoms with E-state index in [9.17, 15) is 4.79 Å². The van der Waals surface area contributed by atoms with Crippen molar-refractivity contribution in [1.82, 2.24) is 19.9 Å². The lowest BCUT2D eigenvalue weighted by Gasteiger charge is -2.30. The zero-order valence-corrected chi connectivity index (χ0v) is 19.2. The number of nitrogens with zero attached hydrogens (tertiary/aromatic N) is 5. The van der Waals surface area contributed by atoms with Crippen LogP contribution < -0.4 is 22.1 Å². The van der Waals surface area contributed by atoms with Crippen LogP contribution >= 0.6 is 11.8 Å². The number of thioether (sulfide) groups is 1. The van der Waals surface area contributed by atoms with Crippen molar-refractivity contribution < 1.29 is 4.79 Å². The van der Waals surface area contributed by atoms with Crippen molar-refractivity contribution in [1.29, 1.82) is 0 Å². The molecular formula is C22H27N9OS. The minimum absolute atomic E-state index is 0.0288. The molecule has 1 saturated carbocycles. The Morgan fingerprint density at radius 1 is 1.18 bits per heavy atom. The number of nitrogens with two attached hydrogens (primary N) is 2. The van der Waals surface area contributed by atoms with Crippen LogP contribution in [0.4, 0.5) is 11.8 Å². The minimum Gasteiger partial charge on any atom is -0.370 e. The summed E-state index contributed by atoms with van der Waals surface area (Å²) in [6, 6.07) is 7.68. The van der Waals surface area contributed by atoms with Crippen LogP contribution in [0.5, 0.6) is 0 Å². The lowest BCUT2D eigenvalue weighted by Crippen LogP contribution is -2.38. The molecule has 0 radical (unpaired) electrons. The third-order valence-corrected chi connectivity index (χ3v) is 6.22. The van der Waals surface area contributed by atoms with E-state index in [0.717, 1.165) is 42.1 Å². The quantitative estimate of drug-likeness (QED) is 0.178. The first-order valence-electron chi connectivity index (χ1n) is 10.8. The summed E-state index contributed by atoms with van der Waals surface area (Å²) in [6.07, 6.45) is 7.26. The van der Waals surface area contributed by atoms with E-state index in [1.54, 1.807) is 18.5 Å². The minimum atomic E-state index is -0.235. The van der Waals surface area contributed by atoms with Crippen molar-refractivity contribution in [3.8, 4) is 0 Å². The third-order valence-electron chi connectivity index (χ3n) is 5.34. The Morgan fingerprint density at radius 2 is 1.97 bits per heavy atom. The summed E-state index contributed by atoms with van der Waals surface area (Å²) in [4.78, 5) is 34.3. The van der Waals surface area contributed by atoms with E-state index in [2.05, 4.69) is 35.6 Å². The molecule has 1 fully saturated rings. The second-order valence-corrected chi connectivity index (χ2v) is 8.88. The van der Waals surface area contributed by atoms with E-state index in [1.165, 1.54) is 11.8 Å². The standard InChI is InChI=1S/C22H27N9OS/c1-13-7-8-15-14(11-13)19(27-16-5-2-3-6-17(16)28-20(23)24)31-21(29-15)30-18(32)12-33-22-25-9-4-10-26-22/h4,7-11,16-17H,2-3,5-6,12H2,1H3,(H4,23,24,28)(H2,27,29,30,31,32). The van der Waals surface area contributed by atoms with Crippen molar-refractivity contribution in [2.75, 3.05) is 16.4 Å². The summed E-state index contributed by atoms with van der Waals surface area (Å²) in [5.74, 6) is 0.895. The number of nitrogens with one attached hydrogen (secondary N) is 2. The van der Waals surface area contributed by atoms with Gasteiger partial charge in [0.2, 0.25) is 11.9 Å².